The zero-order valence-electron chi connectivity index (χ0n) is 18.5. The second kappa shape index (κ2) is 8.62. The highest BCUT2D eigenvalue weighted by molar-refractivity contribution is 6.74. The molecule has 156 valence electrons. The monoisotopic (exact) mass is 412 g/mol. The largest absolute Gasteiger partial charge is 0.503 e. The van der Waals surface area contributed by atoms with Crippen LogP contribution in [0.1, 0.15) is 44.4 Å². The van der Waals surface area contributed by atoms with E-state index in [0.717, 1.165) is 5.56 Å². The maximum Gasteiger partial charge on any atom is 0.192 e. The van der Waals surface area contributed by atoms with E-state index < -0.39 is 13.9 Å². The lowest BCUT2D eigenvalue weighted by atomic mass is 9.96. The van der Waals surface area contributed by atoms with Gasteiger partial charge in [-0.25, -0.2) is 0 Å². The molecule has 2 aromatic carbocycles. The number of phenols is 1. The van der Waals surface area contributed by atoms with Gasteiger partial charge in [-0.15, -0.1) is 0 Å². The van der Waals surface area contributed by atoms with Crippen molar-refractivity contribution in [1.29, 1.82) is 0 Å². The van der Waals surface area contributed by atoms with Crippen molar-refractivity contribution in [2.24, 2.45) is 0 Å². The lowest BCUT2D eigenvalue weighted by Gasteiger charge is -2.36. The molecule has 1 unspecified atom stereocenters. The highest BCUT2D eigenvalue weighted by atomic mass is 28.4. The number of benzene rings is 2. The maximum absolute atomic E-state index is 10.7. The molecule has 0 spiro atoms. The molecule has 0 saturated carbocycles. The van der Waals surface area contributed by atoms with Crippen LogP contribution < -0.4 is 4.74 Å². The minimum Gasteiger partial charge on any atom is -0.503 e. The van der Waals surface area contributed by atoms with Gasteiger partial charge in [-0.1, -0.05) is 62.9 Å². The second-order valence-corrected chi connectivity index (χ2v) is 13.7. The molecular formula is C24H32O4Si. The molecule has 2 N–H and O–H groups in total. The summed E-state index contributed by atoms with van der Waals surface area (Å²) in [6.07, 6.45) is 0. The van der Waals surface area contributed by atoms with Crippen molar-refractivity contribution < 1.29 is 19.4 Å². The molecule has 0 aromatic heterocycles. The minimum atomic E-state index is -1.92. The first kappa shape index (κ1) is 23.0. The number of ether oxygens (including phenoxy) is 1. The molecule has 2 aromatic rings. The summed E-state index contributed by atoms with van der Waals surface area (Å²) >= 11 is 0. The van der Waals surface area contributed by atoms with Gasteiger partial charge in [-0.3, -0.25) is 0 Å². The van der Waals surface area contributed by atoms with Crippen LogP contribution in [0.25, 0.3) is 0 Å². The predicted molar refractivity (Wildman–Crippen MR) is 120 cm³/mol. The molecule has 0 heterocycles. The molecule has 0 bridgehead atoms. The van der Waals surface area contributed by atoms with E-state index >= 15 is 0 Å². The topological polar surface area (TPSA) is 58.9 Å². The average Bonchev–Trinajstić information content (AvgIpc) is 2.66. The van der Waals surface area contributed by atoms with E-state index in [-0.39, 0.29) is 10.8 Å². The van der Waals surface area contributed by atoms with Crippen molar-refractivity contribution in [3.05, 3.63) is 59.2 Å². The van der Waals surface area contributed by atoms with E-state index in [1.165, 1.54) is 7.11 Å². The van der Waals surface area contributed by atoms with Gasteiger partial charge in [0.15, 0.2) is 19.8 Å². The van der Waals surface area contributed by atoms with E-state index in [2.05, 4.69) is 45.7 Å². The summed E-state index contributed by atoms with van der Waals surface area (Å²) in [5, 5.41) is 21.3. The minimum absolute atomic E-state index is 0.0417. The molecule has 0 fully saturated rings. The number of aliphatic hydroxyl groups is 1. The highest BCUT2D eigenvalue weighted by Crippen LogP contribution is 2.38. The number of rotatable bonds is 5. The van der Waals surface area contributed by atoms with E-state index in [1.54, 1.807) is 19.1 Å². The fourth-order valence-electron chi connectivity index (χ4n) is 2.50. The third-order valence-corrected chi connectivity index (χ3v) is 10.0. The van der Waals surface area contributed by atoms with Gasteiger partial charge in [-0.2, -0.15) is 0 Å². The Balaban J connectivity index is 2.36. The Bertz CT molecular complexity index is 900. The van der Waals surface area contributed by atoms with Crippen molar-refractivity contribution in [2.75, 3.05) is 7.11 Å². The van der Waals surface area contributed by atoms with Crippen LogP contribution >= 0.6 is 0 Å². The van der Waals surface area contributed by atoms with Gasteiger partial charge in [0.05, 0.1) is 19.3 Å². The molecule has 0 radical (unpaired) electrons. The van der Waals surface area contributed by atoms with Crippen LogP contribution in [-0.2, 0) is 16.6 Å². The van der Waals surface area contributed by atoms with Crippen LogP contribution in [-0.4, -0.2) is 25.6 Å². The standard InChI is InChI=1S/C24H32O4Si/c1-23(2,3)29(6,7)28-17-18-15-19(22(25)21(16-18)27-5)13-14-24(4,26)20-11-9-8-10-12-20/h8-12,15-16,25-26H,17H2,1-7H3. The fourth-order valence-corrected chi connectivity index (χ4v) is 3.46. The van der Waals surface area contributed by atoms with E-state index in [0.29, 0.717) is 23.5 Å². The first-order valence-corrected chi connectivity index (χ1v) is 12.6. The molecule has 5 heteroatoms. The first-order valence-electron chi connectivity index (χ1n) is 9.72. The summed E-state index contributed by atoms with van der Waals surface area (Å²) < 4.78 is 11.6. The van der Waals surface area contributed by atoms with Crippen molar-refractivity contribution in [2.45, 2.75) is 58.0 Å². The van der Waals surface area contributed by atoms with Crippen LogP contribution in [0.5, 0.6) is 11.5 Å². The van der Waals surface area contributed by atoms with Gasteiger partial charge >= 0.3 is 0 Å². The summed E-state index contributed by atoms with van der Waals surface area (Å²) in [5.41, 5.74) is 0.619. The number of methoxy groups -OCH3 is 1. The number of aromatic hydroxyl groups is 1. The van der Waals surface area contributed by atoms with Gasteiger partial charge < -0.3 is 19.4 Å². The molecule has 0 amide bonds. The Kier molecular flexibility index (Phi) is 6.84. The van der Waals surface area contributed by atoms with Crippen molar-refractivity contribution >= 4 is 8.32 Å². The van der Waals surface area contributed by atoms with Crippen LogP contribution in [0, 0.1) is 11.8 Å². The Morgan fingerprint density at radius 3 is 2.21 bits per heavy atom. The zero-order valence-corrected chi connectivity index (χ0v) is 19.5. The number of hydrogen-bond donors (Lipinski definition) is 2. The molecule has 1 atom stereocenters. The highest BCUT2D eigenvalue weighted by Gasteiger charge is 2.37. The normalized spacial score (nSPS) is 13.9. The van der Waals surface area contributed by atoms with E-state index in [4.69, 9.17) is 9.16 Å². The van der Waals surface area contributed by atoms with Crippen LogP contribution in [0.2, 0.25) is 18.1 Å². The lowest BCUT2D eigenvalue weighted by molar-refractivity contribution is 0.122. The third-order valence-electron chi connectivity index (χ3n) is 5.54. The fraction of sp³-hybridized carbons (Fsp3) is 0.417. The Morgan fingerprint density at radius 2 is 1.66 bits per heavy atom. The quantitative estimate of drug-likeness (QED) is 0.525. The molecule has 2 rings (SSSR count). The van der Waals surface area contributed by atoms with Crippen LogP contribution in [0.4, 0.5) is 0 Å². The van der Waals surface area contributed by atoms with Crippen LogP contribution in [0.15, 0.2) is 42.5 Å². The SMILES string of the molecule is COc1cc(CO[Si](C)(C)C(C)(C)C)cc(C#CC(C)(O)c2ccccc2)c1O. The summed E-state index contributed by atoms with van der Waals surface area (Å²) in [7, 11) is -0.413. The van der Waals surface area contributed by atoms with Gasteiger partial charge in [-0.05, 0) is 48.3 Å². The third kappa shape index (κ3) is 5.63. The Hall–Kier alpha value is -2.26. The van der Waals surface area contributed by atoms with Gasteiger partial charge in [0, 0.05) is 0 Å². The van der Waals surface area contributed by atoms with Crippen molar-refractivity contribution in [3.63, 3.8) is 0 Å². The second-order valence-electron chi connectivity index (χ2n) is 8.93. The van der Waals surface area contributed by atoms with E-state index in [1.807, 2.05) is 30.3 Å². The number of hydrogen-bond acceptors (Lipinski definition) is 4. The van der Waals surface area contributed by atoms with Gasteiger partial charge in [0.25, 0.3) is 0 Å². The summed E-state index contributed by atoms with van der Waals surface area (Å²) in [5.74, 6) is 6.08. The molecule has 4 nitrogen and oxygen atoms in total. The van der Waals surface area contributed by atoms with Gasteiger partial charge in [0.2, 0.25) is 0 Å². The number of phenolic OH excluding ortho intramolecular Hbond substituents is 1. The molecule has 29 heavy (non-hydrogen) atoms. The molecular weight excluding hydrogens is 380 g/mol. The van der Waals surface area contributed by atoms with Gasteiger partial charge in [0.1, 0.15) is 5.60 Å². The zero-order chi connectivity index (χ0) is 21.9. The molecule has 0 aliphatic rings. The molecule has 0 aliphatic carbocycles. The molecule has 0 saturated heterocycles. The molecule has 0 aliphatic heterocycles. The Morgan fingerprint density at radius 1 is 1.03 bits per heavy atom. The first-order chi connectivity index (χ1) is 13.4. The smallest absolute Gasteiger partial charge is 0.192 e. The van der Waals surface area contributed by atoms with Crippen molar-refractivity contribution in [3.8, 4) is 23.3 Å². The van der Waals surface area contributed by atoms with Crippen LogP contribution in [0.3, 0.4) is 0 Å². The van der Waals surface area contributed by atoms with E-state index in [9.17, 15) is 10.2 Å². The maximum atomic E-state index is 10.7. The summed E-state index contributed by atoms with van der Waals surface area (Å²) in [6.45, 7) is 13.0. The van der Waals surface area contributed by atoms with Crippen molar-refractivity contribution in [1.82, 2.24) is 0 Å². The summed E-state index contributed by atoms with van der Waals surface area (Å²) in [4.78, 5) is 0. The predicted octanol–water partition coefficient (Wildman–Crippen LogP) is 5.18. The lowest BCUT2D eigenvalue weighted by Crippen LogP contribution is -2.40. The summed E-state index contributed by atoms with van der Waals surface area (Å²) in [6, 6.07) is 12.8. The Labute approximate surface area is 175 Å². The average molecular weight is 413 g/mol.